The van der Waals surface area contributed by atoms with Gasteiger partial charge < -0.3 is 10.1 Å². The van der Waals surface area contributed by atoms with E-state index in [-0.39, 0.29) is 11.4 Å². The number of carbonyl (C=O) groups excluding carboxylic acids is 3. The van der Waals surface area contributed by atoms with Gasteiger partial charge in [-0.3, -0.25) is 19.3 Å². The Balaban J connectivity index is 1.36. The van der Waals surface area contributed by atoms with Gasteiger partial charge in [0.05, 0.1) is 4.91 Å². The molecule has 3 amide bonds. The number of amides is 3. The van der Waals surface area contributed by atoms with E-state index >= 15 is 0 Å². The van der Waals surface area contributed by atoms with E-state index in [1.165, 1.54) is 5.56 Å². The molecular weight excluding hydrogens is 448 g/mol. The fourth-order valence-corrected chi connectivity index (χ4v) is 4.32. The summed E-state index contributed by atoms with van der Waals surface area (Å²) in [5, 5.41) is 2.26. The molecule has 34 heavy (non-hydrogen) atoms. The first-order valence-electron chi connectivity index (χ1n) is 10.8. The maximum Gasteiger partial charge on any atom is 0.294 e. The zero-order chi connectivity index (χ0) is 24.1. The number of aryl methyl sites for hydroxylation is 2. The standard InChI is InChI=1S/C27H24N2O4S/c1-18-5-3-7-21(13-18)17-33-23-11-9-20(10-12-23)15-24-26(31)29(27(32)34-24)16-25(30)28-22-8-4-6-19(2)14-22/h3-15H,16-17H2,1-2H3,(H,28,30)/b24-15+. The van der Waals surface area contributed by atoms with E-state index in [0.717, 1.165) is 33.4 Å². The summed E-state index contributed by atoms with van der Waals surface area (Å²) in [6.07, 6.45) is 1.65. The Labute approximate surface area is 202 Å². The van der Waals surface area contributed by atoms with Gasteiger partial charge in [0, 0.05) is 5.69 Å². The van der Waals surface area contributed by atoms with Crippen LogP contribution in [0.15, 0.2) is 77.7 Å². The van der Waals surface area contributed by atoms with Crippen LogP contribution in [0, 0.1) is 13.8 Å². The number of benzene rings is 3. The number of hydrogen-bond donors (Lipinski definition) is 1. The molecule has 7 heteroatoms. The summed E-state index contributed by atoms with van der Waals surface area (Å²) < 4.78 is 5.83. The van der Waals surface area contributed by atoms with Gasteiger partial charge >= 0.3 is 0 Å². The normalized spacial score (nSPS) is 14.5. The van der Waals surface area contributed by atoms with Gasteiger partial charge in [-0.15, -0.1) is 0 Å². The summed E-state index contributed by atoms with van der Waals surface area (Å²) in [7, 11) is 0. The Morgan fingerprint density at radius 3 is 2.38 bits per heavy atom. The summed E-state index contributed by atoms with van der Waals surface area (Å²) in [5.74, 6) is -0.196. The molecule has 1 aliphatic heterocycles. The van der Waals surface area contributed by atoms with Crippen molar-refractivity contribution in [1.82, 2.24) is 4.90 Å². The Hall–Kier alpha value is -3.84. The Kier molecular flexibility index (Phi) is 7.13. The first kappa shape index (κ1) is 23.3. The van der Waals surface area contributed by atoms with Gasteiger partial charge in [0.1, 0.15) is 18.9 Å². The lowest BCUT2D eigenvalue weighted by molar-refractivity contribution is -0.127. The molecule has 1 heterocycles. The fraction of sp³-hybridized carbons (Fsp3) is 0.148. The highest BCUT2D eigenvalue weighted by Crippen LogP contribution is 2.32. The van der Waals surface area contributed by atoms with Crippen molar-refractivity contribution >= 4 is 40.6 Å². The minimum atomic E-state index is -0.478. The largest absolute Gasteiger partial charge is 0.489 e. The second-order valence-electron chi connectivity index (χ2n) is 8.03. The van der Waals surface area contributed by atoms with Crippen molar-refractivity contribution in [2.75, 3.05) is 11.9 Å². The monoisotopic (exact) mass is 472 g/mol. The number of imide groups is 1. The van der Waals surface area contributed by atoms with E-state index in [1.54, 1.807) is 12.1 Å². The Bertz CT molecular complexity index is 1270. The third-order valence-corrected chi connectivity index (χ3v) is 6.05. The number of rotatable bonds is 7. The third kappa shape index (κ3) is 5.94. The van der Waals surface area contributed by atoms with Gasteiger partial charge in [-0.1, -0.05) is 54.1 Å². The predicted molar refractivity (Wildman–Crippen MR) is 134 cm³/mol. The number of nitrogens with one attached hydrogen (secondary N) is 1. The molecule has 4 rings (SSSR count). The van der Waals surface area contributed by atoms with Crippen molar-refractivity contribution in [3.8, 4) is 5.75 Å². The number of thioether (sulfide) groups is 1. The predicted octanol–water partition coefficient (Wildman–Crippen LogP) is 5.56. The summed E-state index contributed by atoms with van der Waals surface area (Å²) in [6.45, 7) is 4.09. The molecule has 1 fully saturated rings. The molecule has 0 aromatic heterocycles. The Morgan fingerprint density at radius 2 is 1.68 bits per heavy atom. The zero-order valence-corrected chi connectivity index (χ0v) is 19.7. The highest BCUT2D eigenvalue weighted by Gasteiger charge is 2.36. The quantitative estimate of drug-likeness (QED) is 0.456. The van der Waals surface area contributed by atoms with Crippen LogP contribution in [-0.2, 0) is 16.2 Å². The van der Waals surface area contributed by atoms with E-state index in [9.17, 15) is 14.4 Å². The summed E-state index contributed by atoms with van der Waals surface area (Å²) in [4.78, 5) is 38.7. The average molecular weight is 473 g/mol. The van der Waals surface area contributed by atoms with Crippen LogP contribution in [0.5, 0.6) is 5.75 Å². The van der Waals surface area contributed by atoms with E-state index in [2.05, 4.69) is 11.4 Å². The lowest BCUT2D eigenvalue weighted by Crippen LogP contribution is -2.36. The van der Waals surface area contributed by atoms with Crippen molar-refractivity contribution in [1.29, 1.82) is 0 Å². The molecule has 0 atom stereocenters. The van der Waals surface area contributed by atoms with Crippen LogP contribution in [0.2, 0.25) is 0 Å². The molecule has 0 saturated carbocycles. The molecule has 0 bridgehead atoms. The van der Waals surface area contributed by atoms with E-state index < -0.39 is 17.1 Å². The second kappa shape index (κ2) is 10.4. The van der Waals surface area contributed by atoms with Crippen molar-refractivity contribution in [3.05, 3.63) is 100.0 Å². The molecule has 0 radical (unpaired) electrons. The lowest BCUT2D eigenvalue weighted by atomic mass is 10.1. The van der Waals surface area contributed by atoms with E-state index in [0.29, 0.717) is 18.0 Å². The summed E-state index contributed by atoms with van der Waals surface area (Å²) in [5.41, 5.74) is 4.65. The number of anilines is 1. The zero-order valence-electron chi connectivity index (χ0n) is 18.9. The average Bonchev–Trinajstić information content (AvgIpc) is 3.06. The van der Waals surface area contributed by atoms with Crippen LogP contribution in [0.1, 0.15) is 22.3 Å². The van der Waals surface area contributed by atoms with Gasteiger partial charge in [-0.25, -0.2) is 0 Å². The van der Waals surface area contributed by atoms with Crippen molar-refractivity contribution in [3.63, 3.8) is 0 Å². The first-order chi connectivity index (χ1) is 16.4. The fourth-order valence-electron chi connectivity index (χ4n) is 3.48. The SMILES string of the molecule is Cc1cccc(COc2ccc(/C=C3/SC(=O)N(CC(=O)Nc4cccc(C)c4)C3=O)cc2)c1. The van der Waals surface area contributed by atoms with Crippen LogP contribution in [0.25, 0.3) is 6.08 Å². The number of hydrogen-bond acceptors (Lipinski definition) is 5. The second-order valence-corrected chi connectivity index (χ2v) is 9.03. The van der Waals surface area contributed by atoms with Crippen LogP contribution >= 0.6 is 11.8 Å². The third-order valence-electron chi connectivity index (χ3n) is 5.14. The van der Waals surface area contributed by atoms with E-state index in [4.69, 9.17) is 4.74 Å². The van der Waals surface area contributed by atoms with Crippen molar-refractivity contribution in [2.45, 2.75) is 20.5 Å². The smallest absolute Gasteiger partial charge is 0.294 e. The molecule has 0 spiro atoms. The summed E-state index contributed by atoms with van der Waals surface area (Å²) in [6, 6.07) is 22.7. The molecule has 6 nitrogen and oxygen atoms in total. The van der Waals surface area contributed by atoms with Crippen LogP contribution < -0.4 is 10.1 Å². The molecule has 172 valence electrons. The van der Waals surface area contributed by atoms with Crippen molar-refractivity contribution in [2.24, 2.45) is 0 Å². The number of nitrogens with zero attached hydrogens (tertiary/aromatic N) is 1. The molecule has 0 aliphatic carbocycles. The molecule has 3 aromatic rings. The van der Waals surface area contributed by atoms with Crippen LogP contribution in [-0.4, -0.2) is 28.5 Å². The van der Waals surface area contributed by atoms with Gasteiger partial charge in [0.2, 0.25) is 5.91 Å². The van der Waals surface area contributed by atoms with E-state index in [1.807, 2.05) is 74.5 Å². The number of carbonyl (C=O) groups is 3. The minimum absolute atomic E-state index is 0.279. The summed E-state index contributed by atoms with van der Waals surface area (Å²) >= 11 is 0.828. The molecule has 0 unspecified atom stereocenters. The maximum atomic E-state index is 12.7. The molecule has 1 aliphatic rings. The topological polar surface area (TPSA) is 75.7 Å². The lowest BCUT2D eigenvalue weighted by Gasteiger charge is -2.12. The van der Waals surface area contributed by atoms with Crippen molar-refractivity contribution < 1.29 is 19.1 Å². The Morgan fingerprint density at radius 1 is 0.971 bits per heavy atom. The van der Waals surface area contributed by atoms with Crippen LogP contribution in [0.3, 0.4) is 0 Å². The number of ether oxygens (including phenoxy) is 1. The molecule has 1 N–H and O–H groups in total. The molecular formula is C27H24N2O4S. The van der Waals surface area contributed by atoms with Crippen LogP contribution in [0.4, 0.5) is 10.5 Å². The first-order valence-corrected chi connectivity index (χ1v) is 11.6. The maximum absolute atomic E-state index is 12.7. The van der Waals surface area contributed by atoms with Gasteiger partial charge in [0.15, 0.2) is 0 Å². The molecule has 1 saturated heterocycles. The molecule has 3 aromatic carbocycles. The highest BCUT2D eigenvalue weighted by atomic mass is 32.2. The highest BCUT2D eigenvalue weighted by molar-refractivity contribution is 8.18. The van der Waals surface area contributed by atoms with Gasteiger partial charge in [-0.2, -0.15) is 0 Å². The van der Waals surface area contributed by atoms with Gasteiger partial charge in [0.25, 0.3) is 11.1 Å². The van der Waals surface area contributed by atoms with Gasteiger partial charge in [-0.05, 0) is 72.6 Å². The minimum Gasteiger partial charge on any atom is -0.489 e.